The fourth-order valence-corrected chi connectivity index (χ4v) is 7.57. The van der Waals surface area contributed by atoms with E-state index in [1.165, 1.54) is 65.4 Å². The van der Waals surface area contributed by atoms with Crippen LogP contribution in [0.3, 0.4) is 0 Å². The minimum atomic E-state index is 0. The highest BCUT2D eigenvalue weighted by atomic mass is 15.0. The van der Waals surface area contributed by atoms with Crippen LogP contribution in [0.5, 0.6) is 0 Å². The van der Waals surface area contributed by atoms with Gasteiger partial charge in [0.25, 0.3) is 0 Å². The molecule has 0 saturated carbocycles. The summed E-state index contributed by atoms with van der Waals surface area (Å²) in [5.41, 5.74) is 10.6. The number of benzene rings is 7. The molecule has 10 aromatic rings. The Hall–Kier alpha value is -6.06. The molecule has 45 heavy (non-hydrogen) atoms. The molecule has 0 bridgehead atoms. The smallest absolute Gasteiger partial charge is 0.0541 e. The van der Waals surface area contributed by atoms with Crippen molar-refractivity contribution in [2.45, 2.75) is 0 Å². The molecule has 0 unspecified atom stereocenters. The van der Waals surface area contributed by atoms with E-state index in [0.29, 0.717) is 0 Å². The summed E-state index contributed by atoms with van der Waals surface area (Å²) >= 11 is 0. The molecule has 7 aromatic carbocycles. The predicted molar refractivity (Wildman–Crippen MR) is 192 cm³/mol. The fraction of sp³-hybridized carbons (Fsp3) is 0. The highest BCUT2D eigenvalue weighted by Crippen LogP contribution is 2.38. The molecule has 0 atom stereocenters. The van der Waals surface area contributed by atoms with Crippen molar-refractivity contribution in [3.8, 4) is 17.1 Å². The highest BCUT2D eigenvalue weighted by molar-refractivity contribution is 6.12. The molecule has 0 N–H and O–H groups in total. The monoisotopic (exact) mass is 575 g/mol. The lowest BCUT2D eigenvalue weighted by Gasteiger charge is -2.17. The lowest BCUT2D eigenvalue weighted by Crippen LogP contribution is -2.03. The van der Waals surface area contributed by atoms with Crippen LogP contribution in [0.1, 0.15) is 1.43 Å². The van der Waals surface area contributed by atoms with Crippen LogP contribution in [0.25, 0.3) is 82.5 Å². The third-order valence-corrected chi connectivity index (χ3v) is 9.40. The first-order chi connectivity index (χ1) is 22.3. The van der Waals surface area contributed by atoms with Crippen molar-refractivity contribution in [3.05, 3.63) is 164 Å². The maximum absolute atomic E-state index is 2.43. The third kappa shape index (κ3) is 3.41. The van der Waals surface area contributed by atoms with E-state index in [9.17, 15) is 0 Å². The van der Waals surface area contributed by atoms with E-state index in [1.807, 2.05) is 0 Å². The molecule has 0 saturated heterocycles. The standard InChI is InChI=1S/C42H27N3.H2/c1-7-19-37-31(13-1)32-14-2-8-20-38(32)43(37)28-25-29(44-39-21-9-3-15-33(39)34-16-4-10-22-40(34)44)27-30(26-28)45-41-23-11-5-17-35(41)36-18-6-12-24-42(36)45;/h1-27H;1H. The lowest BCUT2D eigenvalue weighted by molar-refractivity contribution is 1.10. The second kappa shape index (κ2) is 9.22. The van der Waals surface area contributed by atoms with E-state index >= 15 is 0 Å². The van der Waals surface area contributed by atoms with Crippen molar-refractivity contribution >= 4 is 65.4 Å². The van der Waals surface area contributed by atoms with Crippen molar-refractivity contribution in [1.29, 1.82) is 0 Å². The normalized spacial score (nSPS) is 12.0. The zero-order valence-electron chi connectivity index (χ0n) is 24.4. The summed E-state index contributed by atoms with van der Waals surface area (Å²) in [5.74, 6) is 0. The first-order valence-corrected chi connectivity index (χ1v) is 15.5. The number of fused-ring (bicyclic) bond motifs is 9. The van der Waals surface area contributed by atoms with Gasteiger partial charge in [-0.05, 0) is 54.6 Å². The summed E-state index contributed by atoms with van der Waals surface area (Å²) in [6.45, 7) is 0. The van der Waals surface area contributed by atoms with Gasteiger partial charge in [-0.1, -0.05) is 109 Å². The van der Waals surface area contributed by atoms with Crippen LogP contribution in [0.15, 0.2) is 164 Å². The maximum atomic E-state index is 2.43. The Morgan fingerprint density at radius 2 is 0.422 bits per heavy atom. The van der Waals surface area contributed by atoms with Crippen LogP contribution in [0, 0.1) is 0 Å². The summed E-state index contributed by atoms with van der Waals surface area (Å²) < 4.78 is 7.29. The van der Waals surface area contributed by atoms with Crippen molar-refractivity contribution in [2.75, 3.05) is 0 Å². The van der Waals surface area contributed by atoms with Crippen LogP contribution in [-0.2, 0) is 0 Å². The first-order valence-electron chi connectivity index (χ1n) is 15.5. The molecule has 0 aliphatic heterocycles. The molecule has 0 amide bonds. The van der Waals surface area contributed by atoms with Gasteiger partial charge in [0.05, 0.1) is 50.2 Å². The number of hydrogen-bond donors (Lipinski definition) is 0. The zero-order chi connectivity index (χ0) is 29.5. The topological polar surface area (TPSA) is 14.8 Å². The summed E-state index contributed by atoms with van der Waals surface area (Å²) in [6.07, 6.45) is 0. The number of rotatable bonds is 3. The van der Waals surface area contributed by atoms with Crippen molar-refractivity contribution in [2.24, 2.45) is 0 Å². The fourth-order valence-electron chi connectivity index (χ4n) is 7.57. The molecule has 0 aliphatic rings. The van der Waals surface area contributed by atoms with Gasteiger partial charge in [-0.25, -0.2) is 0 Å². The quantitative estimate of drug-likeness (QED) is 0.199. The van der Waals surface area contributed by atoms with E-state index in [-0.39, 0.29) is 1.43 Å². The van der Waals surface area contributed by atoms with E-state index in [2.05, 4.69) is 177 Å². The van der Waals surface area contributed by atoms with Crippen LogP contribution < -0.4 is 0 Å². The molecular weight excluding hydrogens is 546 g/mol. The Morgan fingerprint density at radius 1 is 0.244 bits per heavy atom. The SMILES string of the molecule is [HH].c1ccc2c(c1)c1ccccc1n2-c1cc(-n2c3ccccc3c3ccccc32)cc(-n2c3ccccc3c3ccccc32)c1. The van der Waals surface area contributed by atoms with Gasteiger partial charge in [-0.3, -0.25) is 0 Å². The first kappa shape index (κ1) is 24.4. The minimum absolute atomic E-state index is 0. The molecule has 3 nitrogen and oxygen atoms in total. The second-order valence-electron chi connectivity index (χ2n) is 11.8. The molecule has 0 fully saturated rings. The number of hydrogen-bond acceptors (Lipinski definition) is 0. The molecule has 0 spiro atoms. The second-order valence-corrected chi connectivity index (χ2v) is 11.8. The van der Waals surface area contributed by atoms with Gasteiger partial charge in [0.1, 0.15) is 0 Å². The average Bonchev–Trinajstić information content (AvgIpc) is 3.74. The number of para-hydroxylation sites is 6. The van der Waals surface area contributed by atoms with E-state index in [1.54, 1.807) is 0 Å². The molecule has 3 heteroatoms. The van der Waals surface area contributed by atoms with Crippen LogP contribution in [0.2, 0.25) is 0 Å². The number of nitrogens with zero attached hydrogens (tertiary/aromatic N) is 3. The lowest BCUT2D eigenvalue weighted by atomic mass is 10.2. The van der Waals surface area contributed by atoms with Gasteiger partial charge in [-0.2, -0.15) is 0 Å². The van der Waals surface area contributed by atoms with Crippen LogP contribution in [-0.4, -0.2) is 13.7 Å². The Kier molecular flexibility index (Phi) is 5.00. The Labute approximate surface area is 260 Å². The molecule has 10 rings (SSSR count). The van der Waals surface area contributed by atoms with Crippen molar-refractivity contribution in [1.82, 2.24) is 13.7 Å². The van der Waals surface area contributed by atoms with E-state index in [4.69, 9.17) is 0 Å². The van der Waals surface area contributed by atoms with Gasteiger partial charge in [0.15, 0.2) is 0 Å². The number of aromatic nitrogens is 3. The van der Waals surface area contributed by atoms with Gasteiger partial charge in [0, 0.05) is 33.7 Å². The molecule has 0 radical (unpaired) electrons. The molecular formula is C42H29N3. The molecule has 3 heterocycles. The molecule has 212 valence electrons. The molecule has 0 aliphatic carbocycles. The van der Waals surface area contributed by atoms with E-state index in [0.717, 1.165) is 17.1 Å². The minimum Gasteiger partial charge on any atom is -0.309 e. The van der Waals surface area contributed by atoms with Gasteiger partial charge in [-0.15, -0.1) is 0 Å². The summed E-state index contributed by atoms with van der Waals surface area (Å²) in [7, 11) is 0. The largest absolute Gasteiger partial charge is 0.309 e. The maximum Gasteiger partial charge on any atom is 0.0541 e. The van der Waals surface area contributed by atoms with Crippen molar-refractivity contribution in [3.63, 3.8) is 0 Å². The zero-order valence-corrected chi connectivity index (χ0v) is 24.4. The highest BCUT2D eigenvalue weighted by Gasteiger charge is 2.19. The van der Waals surface area contributed by atoms with Gasteiger partial charge >= 0.3 is 0 Å². The summed E-state index contributed by atoms with van der Waals surface area (Å²) in [4.78, 5) is 0. The molecule has 3 aromatic heterocycles. The average molecular weight is 576 g/mol. The summed E-state index contributed by atoms with van der Waals surface area (Å²) in [6, 6.07) is 59.6. The predicted octanol–water partition coefficient (Wildman–Crippen LogP) is 11.2. The Morgan fingerprint density at radius 3 is 0.622 bits per heavy atom. The van der Waals surface area contributed by atoms with Gasteiger partial charge < -0.3 is 13.7 Å². The third-order valence-electron chi connectivity index (χ3n) is 9.40. The van der Waals surface area contributed by atoms with Crippen LogP contribution >= 0.6 is 0 Å². The summed E-state index contributed by atoms with van der Waals surface area (Å²) in [5, 5.41) is 7.55. The van der Waals surface area contributed by atoms with E-state index < -0.39 is 0 Å². The van der Waals surface area contributed by atoms with Gasteiger partial charge in [0.2, 0.25) is 0 Å². The van der Waals surface area contributed by atoms with Crippen molar-refractivity contribution < 1.29 is 1.43 Å². The Bertz CT molecular complexity index is 2300. The Balaban J connectivity index is 0.00000292. The van der Waals surface area contributed by atoms with Crippen LogP contribution in [0.4, 0.5) is 0 Å².